The van der Waals surface area contributed by atoms with E-state index in [4.69, 9.17) is 0 Å². The summed E-state index contributed by atoms with van der Waals surface area (Å²) in [5.41, 5.74) is 1.33. The maximum absolute atomic E-state index is 12.5. The number of piperidine rings is 1. The van der Waals surface area contributed by atoms with Crippen molar-refractivity contribution >= 4 is 11.9 Å². The van der Waals surface area contributed by atoms with Crippen LogP contribution < -0.4 is 0 Å². The van der Waals surface area contributed by atoms with Crippen LogP contribution in [0.1, 0.15) is 29.6 Å². The highest BCUT2D eigenvalue weighted by atomic mass is 16.4. The third-order valence-electron chi connectivity index (χ3n) is 3.88. The van der Waals surface area contributed by atoms with E-state index < -0.39 is 12.0 Å². The SMILES string of the molecule is O=C(O)[C@@H]1CCCCN1C(=O)c1ccc(-n2cnnc2)cc1. The molecule has 1 N–H and O–H groups in total. The van der Waals surface area contributed by atoms with Crippen molar-refractivity contribution in [3.63, 3.8) is 0 Å². The molecule has 1 fully saturated rings. The van der Waals surface area contributed by atoms with Crippen LogP contribution in [0.25, 0.3) is 5.69 Å². The fourth-order valence-electron chi connectivity index (χ4n) is 2.71. The van der Waals surface area contributed by atoms with E-state index in [9.17, 15) is 14.7 Å². The Morgan fingerprint density at radius 2 is 1.77 bits per heavy atom. The van der Waals surface area contributed by atoms with Gasteiger partial charge in [-0.3, -0.25) is 9.36 Å². The number of carboxylic acids is 1. The van der Waals surface area contributed by atoms with Gasteiger partial charge < -0.3 is 10.0 Å². The van der Waals surface area contributed by atoms with Gasteiger partial charge in [0.05, 0.1) is 0 Å². The summed E-state index contributed by atoms with van der Waals surface area (Å²) < 4.78 is 1.73. The molecule has 1 aliphatic rings. The van der Waals surface area contributed by atoms with Gasteiger partial charge in [0.25, 0.3) is 5.91 Å². The van der Waals surface area contributed by atoms with E-state index in [-0.39, 0.29) is 5.91 Å². The number of carbonyl (C=O) groups is 2. The summed E-state index contributed by atoms with van der Waals surface area (Å²) in [5, 5.41) is 16.7. The highest BCUT2D eigenvalue weighted by Crippen LogP contribution is 2.20. The Hall–Kier alpha value is -2.70. The molecule has 1 amide bonds. The predicted octanol–water partition coefficient (Wildman–Crippen LogP) is 1.35. The van der Waals surface area contributed by atoms with Gasteiger partial charge >= 0.3 is 5.97 Å². The number of aromatic nitrogens is 3. The third-order valence-corrected chi connectivity index (χ3v) is 3.88. The zero-order valence-electron chi connectivity index (χ0n) is 11.9. The van der Waals surface area contributed by atoms with Gasteiger partial charge in [0, 0.05) is 17.8 Å². The molecule has 2 heterocycles. The molecule has 3 rings (SSSR count). The second kappa shape index (κ2) is 5.97. The summed E-state index contributed by atoms with van der Waals surface area (Å²) in [5.74, 6) is -1.17. The smallest absolute Gasteiger partial charge is 0.326 e. The molecule has 1 aromatic carbocycles. The number of hydrogen-bond donors (Lipinski definition) is 1. The Balaban J connectivity index is 1.81. The van der Waals surface area contributed by atoms with Crippen molar-refractivity contribution in [2.24, 2.45) is 0 Å². The number of nitrogens with zero attached hydrogens (tertiary/aromatic N) is 4. The van der Waals surface area contributed by atoms with Crippen LogP contribution in [0.15, 0.2) is 36.9 Å². The first-order chi connectivity index (χ1) is 10.7. The van der Waals surface area contributed by atoms with Crippen LogP contribution in [0.5, 0.6) is 0 Å². The second-order valence-corrected chi connectivity index (χ2v) is 5.26. The molecule has 1 aliphatic heterocycles. The molecular weight excluding hydrogens is 284 g/mol. The highest BCUT2D eigenvalue weighted by Gasteiger charge is 2.32. The van der Waals surface area contributed by atoms with Crippen LogP contribution in [0.3, 0.4) is 0 Å². The van der Waals surface area contributed by atoms with Crippen molar-refractivity contribution in [1.82, 2.24) is 19.7 Å². The van der Waals surface area contributed by atoms with Gasteiger partial charge in [0.2, 0.25) is 0 Å². The van der Waals surface area contributed by atoms with Crippen molar-refractivity contribution in [3.8, 4) is 5.69 Å². The average molecular weight is 300 g/mol. The van der Waals surface area contributed by atoms with E-state index in [1.54, 1.807) is 41.5 Å². The van der Waals surface area contributed by atoms with E-state index in [0.717, 1.165) is 18.5 Å². The van der Waals surface area contributed by atoms with Gasteiger partial charge in [-0.1, -0.05) is 0 Å². The summed E-state index contributed by atoms with van der Waals surface area (Å²) in [6.45, 7) is 0.489. The van der Waals surface area contributed by atoms with Crippen molar-refractivity contribution in [2.75, 3.05) is 6.54 Å². The van der Waals surface area contributed by atoms with Gasteiger partial charge in [-0.15, -0.1) is 10.2 Å². The lowest BCUT2D eigenvalue weighted by atomic mass is 10.0. The number of carboxylic acid groups (broad SMARTS) is 1. The van der Waals surface area contributed by atoms with Crippen molar-refractivity contribution in [3.05, 3.63) is 42.5 Å². The minimum Gasteiger partial charge on any atom is -0.480 e. The Morgan fingerprint density at radius 3 is 2.41 bits per heavy atom. The Morgan fingerprint density at radius 1 is 1.09 bits per heavy atom. The fraction of sp³-hybridized carbons (Fsp3) is 0.333. The molecule has 2 aromatic rings. The van der Waals surface area contributed by atoms with Gasteiger partial charge in [-0.2, -0.15) is 0 Å². The number of hydrogen-bond acceptors (Lipinski definition) is 4. The fourth-order valence-corrected chi connectivity index (χ4v) is 2.71. The summed E-state index contributed by atoms with van der Waals surface area (Å²) in [7, 11) is 0. The third kappa shape index (κ3) is 2.69. The number of carbonyl (C=O) groups excluding carboxylic acids is 1. The zero-order chi connectivity index (χ0) is 15.5. The van der Waals surface area contributed by atoms with Crippen molar-refractivity contribution < 1.29 is 14.7 Å². The standard InChI is InChI=1S/C15H16N4O3/c20-14(19-8-2-1-3-13(19)15(21)22)11-4-6-12(7-5-11)18-9-16-17-10-18/h4-7,9-10,13H,1-3,8H2,(H,21,22)/t13-/m0/s1. The first kappa shape index (κ1) is 14.2. The Labute approximate surface area is 127 Å². The minimum atomic E-state index is -0.936. The van der Waals surface area contributed by atoms with Crippen LogP contribution in [0.4, 0.5) is 0 Å². The number of benzene rings is 1. The number of aliphatic carboxylic acids is 1. The maximum atomic E-state index is 12.5. The zero-order valence-corrected chi connectivity index (χ0v) is 11.9. The van der Waals surface area contributed by atoms with Crippen molar-refractivity contribution in [2.45, 2.75) is 25.3 Å². The predicted molar refractivity (Wildman–Crippen MR) is 77.7 cm³/mol. The molecule has 7 heteroatoms. The molecule has 7 nitrogen and oxygen atoms in total. The maximum Gasteiger partial charge on any atom is 0.326 e. The monoisotopic (exact) mass is 300 g/mol. The summed E-state index contributed by atoms with van der Waals surface area (Å²) in [6.07, 6.45) is 5.34. The number of likely N-dealkylation sites (tertiary alicyclic amines) is 1. The molecule has 114 valence electrons. The first-order valence-electron chi connectivity index (χ1n) is 7.15. The first-order valence-corrected chi connectivity index (χ1v) is 7.15. The topological polar surface area (TPSA) is 88.3 Å². The lowest BCUT2D eigenvalue weighted by Gasteiger charge is -2.33. The van der Waals surface area contributed by atoms with Crippen LogP contribution in [0.2, 0.25) is 0 Å². The molecule has 0 aliphatic carbocycles. The van der Waals surface area contributed by atoms with Crippen molar-refractivity contribution in [1.29, 1.82) is 0 Å². The molecule has 0 radical (unpaired) electrons. The van der Waals surface area contributed by atoms with Gasteiger partial charge in [0.1, 0.15) is 18.7 Å². The van der Waals surface area contributed by atoms with E-state index >= 15 is 0 Å². The molecule has 0 bridgehead atoms. The largest absolute Gasteiger partial charge is 0.480 e. The number of amides is 1. The Kier molecular flexibility index (Phi) is 3.86. The van der Waals surface area contributed by atoms with Crippen LogP contribution >= 0.6 is 0 Å². The molecule has 22 heavy (non-hydrogen) atoms. The van der Waals surface area contributed by atoms with Crippen LogP contribution in [0, 0.1) is 0 Å². The normalized spacial score (nSPS) is 18.2. The average Bonchev–Trinajstić information content (AvgIpc) is 3.09. The van der Waals surface area contributed by atoms with Crippen LogP contribution in [-0.4, -0.2) is 49.2 Å². The highest BCUT2D eigenvalue weighted by molar-refractivity contribution is 5.96. The molecule has 0 unspecified atom stereocenters. The molecule has 1 atom stereocenters. The van der Waals surface area contributed by atoms with E-state index in [2.05, 4.69) is 10.2 Å². The number of rotatable bonds is 3. The summed E-state index contributed by atoms with van der Waals surface area (Å²) in [6, 6.07) is 6.25. The summed E-state index contributed by atoms with van der Waals surface area (Å²) in [4.78, 5) is 25.3. The lowest BCUT2D eigenvalue weighted by molar-refractivity contribution is -0.143. The van der Waals surface area contributed by atoms with Gasteiger partial charge in [-0.25, -0.2) is 4.79 Å². The minimum absolute atomic E-state index is 0.234. The second-order valence-electron chi connectivity index (χ2n) is 5.26. The van der Waals surface area contributed by atoms with E-state index in [1.807, 2.05) is 0 Å². The molecule has 1 saturated heterocycles. The quantitative estimate of drug-likeness (QED) is 0.924. The molecular formula is C15H16N4O3. The van der Waals surface area contributed by atoms with E-state index in [0.29, 0.717) is 18.5 Å². The molecule has 0 saturated carbocycles. The van der Waals surface area contributed by atoms with Gasteiger partial charge in [-0.05, 0) is 43.5 Å². The van der Waals surface area contributed by atoms with E-state index in [1.165, 1.54) is 4.90 Å². The lowest BCUT2D eigenvalue weighted by Crippen LogP contribution is -2.47. The summed E-state index contributed by atoms with van der Waals surface area (Å²) >= 11 is 0. The molecule has 1 aromatic heterocycles. The Bertz CT molecular complexity index is 667. The van der Waals surface area contributed by atoms with Crippen LogP contribution in [-0.2, 0) is 4.79 Å². The van der Waals surface area contributed by atoms with Gasteiger partial charge in [0.15, 0.2) is 0 Å². The molecule has 0 spiro atoms.